The van der Waals surface area contributed by atoms with Gasteiger partial charge in [0.1, 0.15) is 12.4 Å². The molecule has 1 heterocycles. The predicted molar refractivity (Wildman–Crippen MR) is 108 cm³/mol. The van der Waals surface area contributed by atoms with E-state index < -0.39 is 4.92 Å². The molecule has 28 heavy (non-hydrogen) atoms. The minimum absolute atomic E-state index is 0.00456. The second kappa shape index (κ2) is 9.17. The maximum atomic E-state index is 12.4. The van der Waals surface area contributed by atoms with Crippen LogP contribution in [-0.4, -0.2) is 28.8 Å². The third-order valence-corrected chi connectivity index (χ3v) is 4.81. The summed E-state index contributed by atoms with van der Waals surface area (Å²) in [7, 11) is 0. The Morgan fingerprint density at radius 1 is 1.18 bits per heavy atom. The molecule has 6 heteroatoms. The van der Waals surface area contributed by atoms with Crippen molar-refractivity contribution in [1.82, 2.24) is 4.90 Å². The van der Waals surface area contributed by atoms with Crippen molar-refractivity contribution in [2.24, 2.45) is 0 Å². The number of carbonyl (C=O) groups excluding carboxylic acids is 1. The fourth-order valence-corrected chi connectivity index (χ4v) is 3.25. The summed E-state index contributed by atoms with van der Waals surface area (Å²) in [6.45, 7) is 3.64. The molecule has 6 nitrogen and oxygen atoms in total. The van der Waals surface area contributed by atoms with Gasteiger partial charge in [0.25, 0.3) is 5.69 Å². The Labute approximate surface area is 164 Å². The van der Waals surface area contributed by atoms with Crippen LogP contribution < -0.4 is 4.74 Å². The number of carbonyl (C=O) groups is 1. The van der Waals surface area contributed by atoms with Crippen molar-refractivity contribution in [2.75, 3.05) is 13.1 Å². The van der Waals surface area contributed by atoms with Crippen molar-refractivity contribution in [3.8, 4) is 5.75 Å². The first-order valence-corrected chi connectivity index (χ1v) is 9.47. The molecule has 0 N–H and O–H groups in total. The number of nitro groups is 1. The van der Waals surface area contributed by atoms with Gasteiger partial charge in [-0.05, 0) is 50.0 Å². The summed E-state index contributed by atoms with van der Waals surface area (Å²) in [5, 5.41) is 11.2. The van der Waals surface area contributed by atoms with Gasteiger partial charge >= 0.3 is 0 Å². The van der Waals surface area contributed by atoms with Gasteiger partial charge in [0, 0.05) is 30.8 Å². The number of piperidine rings is 1. The number of amides is 1. The van der Waals surface area contributed by atoms with E-state index in [4.69, 9.17) is 4.74 Å². The lowest BCUT2D eigenvalue weighted by Crippen LogP contribution is -2.34. The van der Waals surface area contributed by atoms with Crippen molar-refractivity contribution in [1.29, 1.82) is 0 Å². The first-order valence-electron chi connectivity index (χ1n) is 9.47. The van der Waals surface area contributed by atoms with Gasteiger partial charge in [-0.2, -0.15) is 0 Å². The number of nitrogens with zero attached hydrogens (tertiary/aromatic N) is 2. The van der Waals surface area contributed by atoms with Crippen molar-refractivity contribution in [3.63, 3.8) is 0 Å². The average molecular weight is 380 g/mol. The van der Waals surface area contributed by atoms with E-state index in [-0.39, 0.29) is 18.2 Å². The summed E-state index contributed by atoms with van der Waals surface area (Å²) < 4.78 is 5.89. The Bertz CT molecular complexity index is 886. The second-order valence-corrected chi connectivity index (χ2v) is 6.94. The van der Waals surface area contributed by atoms with E-state index in [0.717, 1.165) is 37.1 Å². The smallest absolute Gasteiger partial charge is 0.276 e. The normalized spacial score (nSPS) is 14.2. The van der Waals surface area contributed by atoms with Crippen LogP contribution in [0.5, 0.6) is 5.75 Å². The molecule has 0 saturated carbocycles. The van der Waals surface area contributed by atoms with Crippen LogP contribution >= 0.6 is 0 Å². The summed E-state index contributed by atoms with van der Waals surface area (Å²) >= 11 is 0. The average Bonchev–Trinajstić information content (AvgIpc) is 2.72. The SMILES string of the molecule is Cc1ccc(/C=C/C(=O)N2CCCCC2)c(OCc2ccccc2[N+](=O)[O-])c1. The van der Waals surface area contributed by atoms with Gasteiger partial charge in [0.2, 0.25) is 5.91 Å². The number of rotatable bonds is 6. The maximum Gasteiger partial charge on any atom is 0.276 e. The number of nitro benzene ring substituents is 1. The molecule has 2 aromatic carbocycles. The van der Waals surface area contributed by atoms with E-state index in [1.807, 2.05) is 30.0 Å². The Kier molecular flexibility index (Phi) is 6.42. The Hall–Kier alpha value is -3.15. The molecule has 0 aromatic heterocycles. The summed E-state index contributed by atoms with van der Waals surface area (Å²) in [6, 6.07) is 12.2. The van der Waals surface area contributed by atoms with Crippen LogP contribution in [0.2, 0.25) is 0 Å². The fraction of sp³-hybridized carbons (Fsp3) is 0.318. The zero-order valence-corrected chi connectivity index (χ0v) is 16.0. The highest BCUT2D eigenvalue weighted by atomic mass is 16.6. The lowest BCUT2D eigenvalue weighted by Gasteiger charge is -2.25. The number of likely N-dealkylation sites (tertiary alicyclic amines) is 1. The van der Waals surface area contributed by atoms with Gasteiger partial charge < -0.3 is 9.64 Å². The predicted octanol–water partition coefficient (Wildman–Crippen LogP) is 4.51. The minimum atomic E-state index is -0.410. The molecule has 1 aliphatic rings. The van der Waals surface area contributed by atoms with Crippen LogP contribution in [0, 0.1) is 17.0 Å². The number of ether oxygens (including phenoxy) is 1. The van der Waals surface area contributed by atoms with Crippen LogP contribution in [0.4, 0.5) is 5.69 Å². The number of para-hydroxylation sites is 1. The van der Waals surface area contributed by atoms with Crippen molar-refractivity contribution >= 4 is 17.7 Å². The molecular formula is C22H24N2O4. The van der Waals surface area contributed by atoms with E-state index in [9.17, 15) is 14.9 Å². The molecule has 1 fully saturated rings. The molecule has 0 radical (unpaired) electrons. The van der Waals surface area contributed by atoms with Gasteiger partial charge in [-0.3, -0.25) is 14.9 Å². The topological polar surface area (TPSA) is 72.7 Å². The number of aryl methyl sites for hydroxylation is 1. The largest absolute Gasteiger partial charge is 0.488 e. The molecular weight excluding hydrogens is 356 g/mol. The first kappa shape index (κ1) is 19.6. The Morgan fingerprint density at radius 2 is 1.93 bits per heavy atom. The van der Waals surface area contributed by atoms with E-state index in [2.05, 4.69) is 0 Å². The molecule has 0 atom stereocenters. The molecule has 0 unspecified atom stereocenters. The Morgan fingerprint density at radius 3 is 2.68 bits per heavy atom. The van der Waals surface area contributed by atoms with Crippen LogP contribution in [-0.2, 0) is 11.4 Å². The highest BCUT2D eigenvalue weighted by molar-refractivity contribution is 5.92. The monoisotopic (exact) mass is 380 g/mol. The maximum absolute atomic E-state index is 12.4. The molecule has 146 valence electrons. The van der Waals surface area contributed by atoms with Crippen molar-refractivity contribution in [2.45, 2.75) is 32.8 Å². The molecule has 0 aliphatic carbocycles. The van der Waals surface area contributed by atoms with E-state index in [0.29, 0.717) is 11.3 Å². The van der Waals surface area contributed by atoms with Gasteiger partial charge in [-0.25, -0.2) is 0 Å². The molecule has 2 aromatic rings. The number of benzene rings is 2. The Balaban J connectivity index is 1.75. The lowest BCUT2D eigenvalue weighted by molar-refractivity contribution is -0.385. The molecule has 1 aliphatic heterocycles. The third-order valence-electron chi connectivity index (χ3n) is 4.81. The zero-order chi connectivity index (χ0) is 19.9. The summed E-state index contributed by atoms with van der Waals surface area (Å²) in [4.78, 5) is 25.0. The van der Waals surface area contributed by atoms with Crippen LogP contribution in [0.25, 0.3) is 6.08 Å². The van der Waals surface area contributed by atoms with Gasteiger partial charge in [-0.1, -0.05) is 24.3 Å². The van der Waals surface area contributed by atoms with E-state index >= 15 is 0 Å². The van der Waals surface area contributed by atoms with Crippen molar-refractivity contribution in [3.05, 3.63) is 75.3 Å². The molecule has 0 spiro atoms. The van der Waals surface area contributed by atoms with Crippen molar-refractivity contribution < 1.29 is 14.5 Å². The van der Waals surface area contributed by atoms with Crippen LogP contribution in [0.3, 0.4) is 0 Å². The summed E-state index contributed by atoms with van der Waals surface area (Å²) in [5.74, 6) is 0.603. The molecule has 3 rings (SSSR count). The molecule has 1 amide bonds. The highest BCUT2D eigenvalue weighted by Gasteiger charge is 2.15. The number of hydrogen-bond acceptors (Lipinski definition) is 4. The summed E-state index contributed by atoms with van der Waals surface area (Å²) in [6.07, 6.45) is 6.61. The number of hydrogen-bond donors (Lipinski definition) is 0. The van der Waals surface area contributed by atoms with E-state index in [1.54, 1.807) is 30.4 Å². The van der Waals surface area contributed by atoms with Gasteiger partial charge in [0.05, 0.1) is 10.5 Å². The van der Waals surface area contributed by atoms with E-state index in [1.165, 1.54) is 12.5 Å². The quantitative estimate of drug-likeness (QED) is 0.420. The lowest BCUT2D eigenvalue weighted by atomic mass is 10.1. The molecule has 1 saturated heterocycles. The highest BCUT2D eigenvalue weighted by Crippen LogP contribution is 2.25. The standard InChI is InChI=1S/C22H24N2O4/c1-17-9-10-18(11-12-22(25)23-13-5-2-6-14-23)21(15-17)28-16-19-7-3-4-8-20(19)24(26)27/h3-4,7-12,15H,2,5-6,13-14,16H2,1H3/b12-11+. The van der Waals surface area contributed by atoms with Gasteiger partial charge in [0.15, 0.2) is 0 Å². The molecule has 0 bridgehead atoms. The minimum Gasteiger partial charge on any atom is -0.488 e. The third kappa shape index (κ3) is 4.97. The second-order valence-electron chi connectivity index (χ2n) is 6.94. The first-order chi connectivity index (χ1) is 13.5. The zero-order valence-electron chi connectivity index (χ0n) is 16.0. The summed E-state index contributed by atoms with van der Waals surface area (Å²) in [5.41, 5.74) is 2.33. The van der Waals surface area contributed by atoms with Gasteiger partial charge in [-0.15, -0.1) is 0 Å². The fourth-order valence-electron chi connectivity index (χ4n) is 3.25. The van der Waals surface area contributed by atoms with Crippen LogP contribution in [0.1, 0.15) is 36.0 Å². The van der Waals surface area contributed by atoms with Crippen LogP contribution in [0.15, 0.2) is 48.5 Å².